The van der Waals surface area contributed by atoms with Gasteiger partial charge in [0.05, 0.1) is 6.04 Å². The van der Waals surface area contributed by atoms with Crippen LogP contribution in [0, 0.1) is 11.8 Å². The fraction of sp³-hybridized carbons (Fsp3) is 0.875. The van der Waals surface area contributed by atoms with Gasteiger partial charge in [-0.1, -0.05) is 13.8 Å². The molecule has 1 heterocycles. The van der Waals surface area contributed by atoms with Crippen LogP contribution in [0.2, 0.25) is 0 Å². The van der Waals surface area contributed by atoms with Crippen molar-refractivity contribution in [3.63, 3.8) is 0 Å². The van der Waals surface area contributed by atoms with Crippen LogP contribution in [0.4, 0.5) is 4.79 Å². The highest BCUT2D eigenvalue weighted by atomic mass is 16.6. The van der Waals surface area contributed by atoms with Crippen LogP contribution in [0.15, 0.2) is 0 Å². The van der Waals surface area contributed by atoms with Gasteiger partial charge >= 0.3 is 6.09 Å². The van der Waals surface area contributed by atoms with Gasteiger partial charge in [-0.15, -0.1) is 0 Å². The lowest BCUT2D eigenvalue weighted by atomic mass is 9.97. The number of nitrogens with one attached hydrogen (secondary N) is 1. The van der Waals surface area contributed by atoms with E-state index in [0.717, 1.165) is 12.8 Å². The van der Waals surface area contributed by atoms with Crippen LogP contribution in [0.3, 0.4) is 0 Å². The molecule has 0 aromatic carbocycles. The van der Waals surface area contributed by atoms with Gasteiger partial charge in [0.1, 0.15) is 5.60 Å². The summed E-state index contributed by atoms with van der Waals surface area (Å²) in [6.07, 6.45) is 1.65. The third-order valence-electron chi connectivity index (χ3n) is 3.76. The molecule has 3 N–H and O–H groups in total. The summed E-state index contributed by atoms with van der Waals surface area (Å²) in [5.74, 6) is 0.249. The van der Waals surface area contributed by atoms with Crippen LogP contribution in [0.5, 0.6) is 0 Å². The predicted molar refractivity (Wildman–Crippen MR) is 86.4 cm³/mol. The van der Waals surface area contributed by atoms with E-state index in [2.05, 4.69) is 5.32 Å². The molecule has 0 aromatic heterocycles. The average molecular weight is 313 g/mol. The van der Waals surface area contributed by atoms with E-state index in [-0.39, 0.29) is 23.8 Å². The van der Waals surface area contributed by atoms with Crippen molar-refractivity contribution in [2.24, 2.45) is 17.6 Å². The van der Waals surface area contributed by atoms with Crippen LogP contribution in [-0.2, 0) is 9.53 Å². The Bertz CT molecular complexity index is 391. The van der Waals surface area contributed by atoms with Crippen molar-refractivity contribution in [2.75, 3.05) is 19.6 Å². The van der Waals surface area contributed by atoms with Gasteiger partial charge in [-0.2, -0.15) is 0 Å². The van der Waals surface area contributed by atoms with Crippen LogP contribution in [-0.4, -0.2) is 48.2 Å². The summed E-state index contributed by atoms with van der Waals surface area (Å²) in [5, 5.41) is 2.90. The van der Waals surface area contributed by atoms with E-state index in [0.29, 0.717) is 19.6 Å². The molecule has 128 valence electrons. The molecule has 1 aliphatic rings. The SMILES string of the molecule is CC(C)[C@H](N)C(=O)NCC1CCCN(C(=O)OC(C)(C)C)C1. The number of hydrogen-bond acceptors (Lipinski definition) is 4. The zero-order valence-corrected chi connectivity index (χ0v) is 14.5. The van der Waals surface area contributed by atoms with E-state index >= 15 is 0 Å². The average Bonchev–Trinajstić information content (AvgIpc) is 2.42. The highest BCUT2D eigenvalue weighted by Crippen LogP contribution is 2.19. The van der Waals surface area contributed by atoms with Gasteiger partial charge in [0, 0.05) is 19.6 Å². The molecular weight excluding hydrogens is 282 g/mol. The number of amides is 2. The fourth-order valence-electron chi connectivity index (χ4n) is 2.39. The first-order valence-electron chi connectivity index (χ1n) is 8.11. The Balaban J connectivity index is 2.44. The summed E-state index contributed by atoms with van der Waals surface area (Å²) in [4.78, 5) is 25.7. The number of nitrogens with zero attached hydrogens (tertiary/aromatic N) is 1. The molecule has 0 aliphatic carbocycles. The second kappa shape index (κ2) is 7.81. The Kier molecular flexibility index (Phi) is 6.66. The lowest BCUT2D eigenvalue weighted by molar-refractivity contribution is -0.123. The van der Waals surface area contributed by atoms with E-state index < -0.39 is 11.6 Å². The molecule has 2 amide bonds. The molecule has 0 bridgehead atoms. The van der Waals surface area contributed by atoms with Crippen molar-refractivity contribution in [1.82, 2.24) is 10.2 Å². The zero-order chi connectivity index (χ0) is 16.9. The maximum Gasteiger partial charge on any atom is 0.410 e. The summed E-state index contributed by atoms with van der Waals surface area (Å²) >= 11 is 0. The number of likely N-dealkylation sites (tertiary alicyclic amines) is 1. The van der Waals surface area contributed by atoms with Gasteiger partial charge in [0.2, 0.25) is 5.91 Å². The molecule has 6 heteroatoms. The first-order valence-corrected chi connectivity index (χ1v) is 8.11. The number of carbonyl (C=O) groups excluding carboxylic acids is 2. The Labute approximate surface area is 133 Å². The van der Waals surface area contributed by atoms with E-state index in [1.807, 2.05) is 34.6 Å². The molecule has 0 aromatic rings. The molecule has 6 nitrogen and oxygen atoms in total. The minimum absolute atomic E-state index is 0.115. The Morgan fingerprint density at radius 2 is 2.00 bits per heavy atom. The molecule has 2 atom stereocenters. The van der Waals surface area contributed by atoms with E-state index in [1.54, 1.807) is 4.90 Å². The van der Waals surface area contributed by atoms with Crippen LogP contribution in [0.25, 0.3) is 0 Å². The minimum atomic E-state index is -0.484. The Hall–Kier alpha value is -1.30. The van der Waals surface area contributed by atoms with Gasteiger partial charge in [0.25, 0.3) is 0 Å². The van der Waals surface area contributed by atoms with Gasteiger partial charge in [-0.25, -0.2) is 4.79 Å². The lowest BCUT2D eigenvalue weighted by Crippen LogP contribution is -2.48. The monoisotopic (exact) mass is 313 g/mol. The first kappa shape index (κ1) is 18.7. The van der Waals surface area contributed by atoms with Crippen molar-refractivity contribution in [3.8, 4) is 0 Å². The normalized spacial score (nSPS) is 20.7. The first-order chi connectivity index (χ1) is 10.1. The van der Waals surface area contributed by atoms with Crippen molar-refractivity contribution in [2.45, 2.75) is 59.1 Å². The third-order valence-corrected chi connectivity index (χ3v) is 3.76. The van der Waals surface area contributed by atoms with Crippen molar-refractivity contribution >= 4 is 12.0 Å². The summed E-state index contributed by atoms with van der Waals surface area (Å²) in [6.45, 7) is 11.3. The highest BCUT2D eigenvalue weighted by Gasteiger charge is 2.28. The molecule has 1 fully saturated rings. The smallest absolute Gasteiger partial charge is 0.410 e. The summed E-state index contributed by atoms with van der Waals surface area (Å²) in [6, 6.07) is -0.481. The maximum atomic E-state index is 12.1. The topological polar surface area (TPSA) is 84.7 Å². The minimum Gasteiger partial charge on any atom is -0.444 e. The molecule has 0 spiro atoms. The van der Waals surface area contributed by atoms with Crippen molar-refractivity contribution in [3.05, 3.63) is 0 Å². The molecule has 1 saturated heterocycles. The van der Waals surface area contributed by atoms with Crippen LogP contribution < -0.4 is 11.1 Å². The Morgan fingerprint density at radius 1 is 1.36 bits per heavy atom. The lowest BCUT2D eigenvalue weighted by Gasteiger charge is -2.34. The van der Waals surface area contributed by atoms with Gasteiger partial charge in [0.15, 0.2) is 0 Å². The zero-order valence-electron chi connectivity index (χ0n) is 14.5. The molecule has 1 unspecified atom stereocenters. The van der Waals surface area contributed by atoms with Gasteiger partial charge in [-0.05, 0) is 45.4 Å². The van der Waals surface area contributed by atoms with E-state index in [4.69, 9.17) is 10.5 Å². The maximum absolute atomic E-state index is 12.1. The number of hydrogen-bond donors (Lipinski definition) is 2. The van der Waals surface area contributed by atoms with Crippen molar-refractivity contribution < 1.29 is 14.3 Å². The predicted octanol–water partition coefficient (Wildman–Crippen LogP) is 1.73. The van der Waals surface area contributed by atoms with E-state index in [9.17, 15) is 9.59 Å². The van der Waals surface area contributed by atoms with Crippen LogP contribution >= 0.6 is 0 Å². The highest BCUT2D eigenvalue weighted by molar-refractivity contribution is 5.81. The van der Waals surface area contributed by atoms with Gasteiger partial charge in [-0.3, -0.25) is 4.79 Å². The summed E-state index contributed by atoms with van der Waals surface area (Å²) in [5.41, 5.74) is 5.34. The largest absolute Gasteiger partial charge is 0.444 e. The molecule has 22 heavy (non-hydrogen) atoms. The summed E-state index contributed by atoms with van der Waals surface area (Å²) in [7, 11) is 0. The second-order valence-electron chi connectivity index (χ2n) is 7.45. The second-order valence-corrected chi connectivity index (χ2v) is 7.45. The number of rotatable bonds is 4. The number of ether oxygens (including phenoxy) is 1. The molecule has 1 rings (SSSR count). The Morgan fingerprint density at radius 3 is 2.55 bits per heavy atom. The van der Waals surface area contributed by atoms with Crippen LogP contribution in [0.1, 0.15) is 47.5 Å². The number of piperidine rings is 1. The molecule has 0 radical (unpaired) electrons. The standard InChI is InChI=1S/C16H31N3O3/c1-11(2)13(17)14(20)18-9-12-7-6-8-19(10-12)15(21)22-16(3,4)5/h11-13H,6-10,17H2,1-5H3,(H,18,20)/t12?,13-/m0/s1. The number of nitrogens with two attached hydrogens (primary N) is 1. The summed E-state index contributed by atoms with van der Waals surface area (Å²) < 4.78 is 5.40. The van der Waals surface area contributed by atoms with E-state index in [1.165, 1.54) is 0 Å². The fourth-order valence-corrected chi connectivity index (χ4v) is 2.39. The molecular formula is C16H31N3O3. The quantitative estimate of drug-likeness (QED) is 0.828. The van der Waals surface area contributed by atoms with Crippen molar-refractivity contribution in [1.29, 1.82) is 0 Å². The molecule has 1 aliphatic heterocycles. The number of carbonyl (C=O) groups is 2. The third kappa shape index (κ3) is 6.22. The molecule has 0 saturated carbocycles. The van der Waals surface area contributed by atoms with Gasteiger partial charge < -0.3 is 20.7 Å².